The van der Waals surface area contributed by atoms with Crippen LogP contribution < -0.4 is 0 Å². The van der Waals surface area contributed by atoms with Crippen LogP contribution in [0.3, 0.4) is 0 Å². The van der Waals surface area contributed by atoms with Gasteiger partial charge in [0, 0.05) is 49.4 Å². The van der Waals surface area contributed by atoms with Gasteiger partial charge in [-0.2, -0.15) is 20.2 Å². The van der Waals surface area contributed by atoms with E-state index in [1.54, 1.807) is 36.0 Å². The van der Waals surface area contributed by atoms with Crippen LogP contribution in [0.25, 0.3) is 52.7 Å². The predicted molar refractivity (Wildman–Crippen MR) is 175 cm³/mol. The van der Waals surface area contributed by atoms with Crippen LogP contribution in [0.4, 0.5) is 0 Å². The van der Waals surface area contributed by atoms with Gasteiger partial charge in [0.2, 0.25) is 0 Å². The maximum absolute atomic E-state index is 13.7. The quantitative estimate of drug-likeness (QED) is 0.157. The number of carbonyl (C=O) groups excluding carboxylic acids is 2. The first-order valence-corrected chi connectivity index (χ1v) is 16.0. The van der Waals surface area contributed by atoms with Gasteiger partial charge >= 0.3 is 5.82 Å². The largest absolute Gasteiger partial charge is 0.520 e. The number of carbonyl (C=O) groups is 2. The van der Waals surface area contributed by atoms with Gasteiger partial charge in [-0.3, -0.25) is 9.59 Å². The van der Waals surface area contributed by atoms with Gasteiger partial charge in [0.1, 0.15) is 30.9 Å². The van der Waals surface area contributed by atoms with Crippen LogP contribution in [0.2, 0.25) is 0 Å². The fourth-order valence-electron chi connectivity index (χ4n) is 4.87. The van der Waals surface area contributed by atoms with Crippen LogP contribution in [0, 0.1) is 35.8 Å². The number of rotatable bonds is 6. The lowest BCUT2D eigenvalue weighted by Gasteiger charge is -2.18. The van der Waals surface area contributed by atoms with Crippen LogP contribution >= 0.6 is 45.3 Å². The molecule has 2 aliphatic heterocycles. The molecule has 2 amide bonds. The van der Waals surface area contributed by atoms with Crippen LogP contribution in [-0.4, -0.2) is 35.7 Å². The molecule has 6 rings (SSSR count). The van der Waals surface area contributed by atoms with E-state index < -0.39 is 0 Å². The highest BCUT2D eigenvalue weighted by Gasteiger charge is 2.47. The zero-order valence-corrected chi connectivity index (χ0v) is 26.2. The zero-order valence-electron chi connectivity index (χ0n) is 22.9. The van der Waals surface area contributed by atoms with E-state index in [4.69, 9.17) is 23.7 Å². The van der Waals surface area contributed by atoms with Gasteiger partial charge in [-0.05, 0) is 54.6 Å². The van der Waals surface area contributed by atoms with Gasteiger partial charge in [0.05, 0.1) is 32.3 Å². The number of allylic oxidation sites excluding steroid dienone is 1. The summed E-state index contributed by atoms with van der Waals surface area (Å²) in [6.07, 6.45) is 3.11. The van der Waals surface area contributed by atoms with E-state index in [1.165, 1.54) is 45.3 Å². The minimum atomic E-state index is -0.244. The standard InChI is InChI=1S/C32H16N6O2S4/c1-35-26(36-2)14-19-6-8-21(42-19)23-10-12-25(44-23)30-28-27(31(39)38(30)4)29(37(3)32(28)40)24-11-9-22(43-24)20-7-5-18(41-20)13-17(15-33)16-34/h5-14H,3-4H3. The van der Waals surface area contributed by atoms with Crippen molar-refractivity contribution >= 4 is 80.7 Å². The molecule has 0 saturated heterocycles. The summed E-state index contributed by atoms with van der Waals surface area (Å²) < 4.78 is 0. The van der Waals surface area contributed by atoms with Crippen molar-refractivity contribution in [1.29, 1.82) is 10.5 Å². The first-order chi connectivity index (χ1) is 21.3. The molecule has 0 N–H and O–H groups in total. The Bertz CT molecular complexity index is 2020. The molecule has 0 saturated carbocycles. The van der Waals surface area contributed by atoms with Crippen molar-refractivity contribution in [2.75, 3.05) is 14.1 Å². The number of amides is 2. The van der Waals surface area contributed by atoms with Crippen LogP contribution in [0.5, 0.6) is 0 Å². The Labute approximate surface area is 268 Å². The number of hydrogen-bond acceptors (Lipinski definition) is 8. The van der Waals surface area contributed by atoms with E-state index in [0.29, 0.717) is 22.5 Å². The normalized spacial score (nSPS) is 13.9. The molecule has 8 nitrogen and oxygen atoms in total. The summed E-state index contributed by atoms with van der Waals surface area (Å²) in [6, 6.07) is 19.0. The average Bonchev–Trinajstić information content (AvgIpc) is 3.87. The summed E-state index contributed by atoms with van der Waals surface area (Å²) in [5, 5.41) is 18.1. The molecule has 0 atom stereocenters. The molecule has 210 valence electrons. The molecule has 0 unspecified atom stereocenters. The smallest absolute Gasteiger partial charge is 0.309 e. The summed E-state index contributed by atoms with van der Waals surface area (Å²) in [5.74, 6) is -0.487. The maximum atomic E-state index is 13.7. The number of likely N-dealkylation sites (N-methyl/N-ethyl adjacent to an activating group) is 2. The summed E-state index contributed by atoms with van der Waals surface area (Å²) in [6.45, 7) is 14.2. The van der Waals surface area contributed by atoms with Crippen molar-refractivity contribution < 1.29 is 9.59 Å². The molecule has 44 heavy (non-hydrogen) atoms. The number of hydrogen-bond donors (Lipinski definition) is 0. The molecule has 4 aromatic rings. The number of nitriles is 2. The first kappa shape index (κ1) is 28.8. The lowest BCUT2D eigenvalue weighted by molar-refractivity contribution is -0.123. The zero-order chi connectivity index (χ0) is 31.1. The monoisotopic (exact) mass is 644 g/mol. The van der Waals surface area contributed by atoms with Crippen molar-refractivity contribution in [3.8, 4) is 31.6 Å². The SMILES string of the molecule is [C-]#[N+]C(=Cc1ccc(-c2ccc(C3=C4C(=O)N(C)C(c5ccc(-c6ccc(C=C(C#N)C#N)s6)s5)=C4C(=O)N3C)s2)s1)[N+]#[C-]. The molecular formula is C32H16N6O2S4. The summed E-state index contributed by atoms with van der Waals surface area (Å²) >= 11 is 5.86. The Kier molecular flexibility index (Phi) is 7.45. The third-order valence-corrected chi connectivity index (χ3v) is 11.5. The number of thiophene rings is 4. The Morgan fingerprint density at radius 3 is 1.48 bits per heavy atom. The van der Waals surface area contributed by atoms with Crippen molar-refractivity contribution in [3.63, 3.8) is 0 Å². The van der Waals surface area contributed by atoms with Crippen LogP contribution in [0.1, 0.15) is 19.5 Å². The molecule has 0 aliphatic carbocycles. The highest BCUT2D eigenvalue weighted by atomic mass is 32.1. The molecule has 0 aromatic carbocycles. The second-order valence-corrected chi connectivity index (χ2v) is 13.8. The van der Waals surface area contributed by atoms with Crippen molar-refractivity contribution in [2.24, 2.45) is 0 Å². The van der Waals surface area contributed by atoms with Crippen molar-refractivity contribution in [3.05, 3.63) is 113 Å². The topological polar surface area (TPSA) is 96.9 Å². The fourth-order valence-corrected chi connectivity index (χ4v) is 9.13. The Morgan fingerprint density at radius 1 is 0.659 bits per heavy atom. The third kappa shape index (κ3) is 4.79. The van der Waals surface area contributed by atoms with Crippen LogP contribution in [-0.2, 0) is 9.59 Å². The van der Waals surface area contributed by atoms with Crippen molar-refractivity contribution in [2.45, 2.75) is 0 Å². The first-order valence-electron chi connectivity index (χ1n) is 12.7. The maximum Gasteiger partial charge on any atom is 0.520 e. The van der Waals surface area contributed by atoms with Gasteiger partial charge in [-0.1, -0.05) is 0 Å². The highest BCUT2D eigenvalue weighted by molar-refractivity contribution is 7.23. The van der Waals surface area contributed by atoms with Gasteiger partial charge in [0.15, 0.2) is 0 Å². The summed E-state index contributed by atoms with van der Waals surface area (Å²) in [7, 11) is 3.36. The molecule has 0 radical (unpaired) electrons. The Morgan fingerprint density at radius 2 is 1.05 bits per heavy atom. The van der Waals surface area contributed by atoms with E-state index in [0.717, 1.165) is 39.0 Å². The van der Waals surface area contributed by atoms with Gasteiger partial charge in [0.25, 0.3) is 11.8 Å². The molecule has 0 spiro atoms. The number of fused-ring (bicyclic) bond motifs is 1. The van der Waals surface area contributed by atoms with Gasteiger partial charge in [-0.15, -0.1) is 45.3 Å². The Balaban J connectivity index is 1.36. The molecule has 0 fully saturated rings. The summed E-state index contributed by atoms with van der Waals surface area (Å²) in [5.41, 5.74) is 1.95. The van der Waals surface area contributed by atoms with Gasteiger partial charge in [-0.25, -0.2) is 0 Å². The molecule has 0 bridgehead atoms. The fraction of sp³-hybridized carbons (Fsp3) is 0.0625. The van der Waals surface area contributed by atoms with Gasteiger partial charge < -0.3 is 9.80 Å². The average molecular weight is 645 g/mol. The van der Waals surface area contributed by atoms with Crippen molar-refractivity contribution in [1.82, 2.24) is 9.80 Å². The Hall–Kier alpha value is -5.34. The minimum absolute atomic E-state index is 0.00208. The molecule has 4 aromatic heterocycles. The summed E-state index contributed by atoms with van der Waals surface area (Å²) in [4.78, 5) is 43.8. The third-order valence-electron chi connectivity index (χ3n) is 6.88. The molecule has 2 aliphatic rings. The molecule has 6 heterocycles. The van der Waals surface area contributed by atoms with E-state index >= 15 is 0 Å². The number of nitrogens with zero attached hydrogens (tertiary/aromatic N) is 6. The van der Waals surface area contributed by atoms with E-state index in [9.17, 15) is 9.59 Å². The lowest BCUT2D eigenvalue weighted by atomic mass is 10.1. The highest BCUT2D eigenvalue weighted by Crippen LogP contribution is 2.49. The van der Waals surface area contributed by atoms with E-state index in [2.05, 4.69) is 9.69 Å². The molecular weight excluding hydrogens is 629 g/mol. The second kappa shape index (κ2) is 11.4. The van der Waals surface area contributed by atoms with E-state index in [1.807, 2.05) is 60.7 Å². The van der Waals surface area contributed by atoms with E-state index in [-0.39, 0.29) is 23.2 Å². The van der Waals surface area contributed by atoms with Crippen LogP contribution in [0.15, 0.2) is 71.1 Å². The second-order valence-electron chi connectivity index (χ2n) is 9.42. The lowest BCUT2D eigenvalue weighted by Crippen LogP contribution is -2.24. The minimum Gasteiger partial charge on any atom is -0.309 e. The molecule has 12 heteroatoms. The predicted octanol–water partition coefficient (Wildman–Crippen LogP) is 7.90.